The summed E-state index contributed by atoms with van der Waals surface area (Å²) in [5.74, 6) is 0.818. The molecule has 1 aliphatic carbocycles. The molecule has 0 saturated heterocycles. The quantitative estimate of drug-likeness (QED) is 0.548. The number of aryl methyl sites for hydroxylation is 1. The molecule has 1 saturated carbocycles. The van der Waals surface area contributed by atoms with E-state index in [0.717, 1.165) is 63.1 Å². The fourth-order valence-electron chi connectivity index (χ4n) is 5.16. The normalized spacial score (nSPS) is 17.6. The first-order valence-electron chi connectivity index (χ1n) is 12.4. The molecule has 0 bridgehead atoms. The molecule has 0 unspecified atom stereocenters. The van der Waals surface area contributed by atoms with Gasteiger partial charge in [-0.3, -0.25) is 9.69 Å². The minimum atomic E-state index is -0.433. The second-order valence-corrected chi connectivity index (χ2v) is 9.36. The zero-order chi connectivity index (χ0) is 24.1. The van der Waals surface area contributed by atoms with Crippen LogP contribution in [0.15, 0.2) is 35.1 Å². The second-order valence-electron chi connectivity index (χ2n) is 9.36. The van der Waals surface area contributed by atoms with Crippen molar-refractivity contribution in [1.82, 2.24) is 9.47 Å². The number of benzene rings is 1. The van der Waals surface area contributed by atoms with E-state index in [9.17, 15) is 9.59 Å². The Bertz CT molecular complexity index is 1040. The van der Waals surface area contributed by atoms with Crippen molar-refractivity contribution in [2.24, 2.45) is 0 Å². The van der Waals surface area contributed by atoms with E-state index in [2.05, 4.69) is 24.0 Å². The number of nitrogens with zero attached hydrogens (tertiary/aromatic N) is 2. The number of methoxy groups -OCH3 is 2. The lowest BCUT2D eigenvalue weighted by atomic mass is 10.0. The van der Waals surface area contributed by atoms with E-state index in [1.165, 1.54) is 18.7 Å². The van der Waals surface area contributed by atoms with Crippen LogP contribution in [0.1, 0.15) is 60.6 Å². The van der Waals surface area contributed by atoms with Crippen LogP contribution in [-0.4, -0.2) is 54.9 Å². The van der Waals surface area contributed by atoms with Gasteiger partial charge in [0.1, 0.15) is 17.1 Å². The van der Waals surface area contributed by atoms with Gasteiger partial charge in [0.05, 0.1) is 20.3 Å². The lowest BCUT2D eigenvalue weighted by Gasteiger charge is -2.27. The standard InChI is InChI=1S/C27H36N2O5/c1-19(8-9-20-10-12-21(32-2)13-11-20)28-15-14-23-26(27(31)33-3)24(34-22-6-4-5-7-22)18-25(30)29(23)17-16-28/h10-13,18-19,22H,4-9,14-17H2,1-3H3/t19-/m1/s1. The number of pyridine rings is 1. The van der Waals surface area contributed by atoms with Crippen LogP contribution in [0.25, 0.3) is 0 Å². The maximum absolute atomic E-state index is 13.0. The predicted octanol–water partition coefficient (Wildman–Crippen LogP) is 3.84. The summed E-state index contributed by atoms with van der Waals surface area (Å²) in [6.45, 7) is 4.33. The Morgan fingerprint density at radius 3 is 2.50 bits per heavy atom. The monoisotopic (exact) mass is 468 g/mol. The number of aromatic nitrogens is 1. The van der Waals surface area contributed by atoms with Crippen LogP contribution < -0.4 is 15.0 Å². The van der Waals surface area contributed by atoms with Gasteiger partial charge < -0.3 is 18.8 Å². The zero-order valence-electron chi connectivity index (χ0n) is 20.5. The number of ether oxygens (including phenoxy) is 3. The first kappa shape index (κ1) is 24.3. The van der Waals surface area contributed by atoms with E-state index in [-0.39, 0.29) is 11.7 Å². The van der Waals surface area contributed by atoms with Crippen molar-refractivity contribution in [3.05, 3.63) is 57.5 Å². The molecule has 184 valence electrons. The number of hydrogen-bond acceptors (Lipinski definition) is 6. The van der Waals surface area contributed by atoms with Crippen molar-refractivity contribution >= 4 is 5.97 Å². The number of rotatable bonds is 8. The van der Waals surface area contributed by atoms with Crippen LogP contribution in [0.5, 0.6) is 11.5 Å². The van der Waals surface area contributed by atoms with Crippen LogP contribution in [0.2, 0.25) is 0 Å². The molecule has 0 amide bonds. The van der Waals surface area contributed by atoms with Crippen LogP contribution >= 0.6 is 0 Å². The van der Waals surface area contributed by atoms with Gasteiger partial charge >= 0.3 is 5.97 Å². The third-order valence-corrected chi connectivity index (χ3v) is 7.25. The fourth-order valence-corrected chi connectivity index (χ4v) is 5.16. The molecule has 0 radical (unpaired) electrons. The molecular formula is C27H36N2O5. The van der Waals surface area contributed by atoms with Gasteiger partial charge in [-0.2, -0.15) is 0 Å². The van der Waals surface area contributed by atoms with E-state index in [1.807, 2.05) is 12.1 Å². The Hall–Kier alpha value is -2.80. The van der Waals surface area contributed by atoms with E-state index >= 15 is 0 Å². The van der Waals surface area contributed by atoms with Crippen molar-refractivity contribution in [1.29, 1.82) is 0 Å². The summed E-state index contributed by atoms with van der Waals surface area (Å²) < 4.78 is 18.3. The SMILES string of the molecule is COC(=O)c1c(OC2CCCC2)cc(=O)n2c1CCN([C@H](C)CCc1ccc(OC)cc1)CC2. The molecule has 2 aromatic rings. The largest absolute Gasteiger partial charge is 0.497 e. The molecule has 1 atom stereocenters. The minimum Gasteiger partial charge on any atom is -0.497 e. The van der Waals surface area contributed by atoms with Gasteiger partial charge in [-0.1, -0.05) is 12.1 Å². The van der Waals surface area contributed by atoms with Gasteiger partial charge in [0.25, 0.3) is 5.56 Å². The maximum atomic E-state index is 13.0. The molecule has 1 aromatic heterocycles. The molecule has 4 rings (SSSR count). The van der Waals surface area contributed by atoms with Crippen molar-refractivity contribution in [3.8, 4) is 11.5 Å². The summed E-state index contributed by atoms with van der Waals surface area (Å²) in [4.78, 5) is 28.2. The van der Waals surface area contributed by atoms with E-state index in [0.29, 0.717) is 30.3 Å². The lowest BCUT2D eigenvalue weighted by molar-refractivity contribution is 0.0590. The predicted molar refractivity (Wildman–Crippen MR) is 131 cm³/mol. The van der Waals surface area contributed by atoms with Crippen LogP contribution in [-0.2, 0) is 24.1 Å². The van der Waals surface area contributed by atoms with Gasteiger partial charge in [-0.25, -0.2) is 4.79 Å². The van der Waals surface area contributed by atoms with Gasteiger partial charge in [-0.05, 0) is 63.1 Å². The molecule has 7 heteroatoms. The van der Waals surface area contributed by atoms with Crippen LogP contribution in [0.4, 0.5) is 0 Å². The van der Waals surface area contributed by atoms with Crippen molar-refractivity contribution in [2.75, 3.05) is 27.3 Å². The number of fused-ring (bicyclic) bond motifs is 1. The van der Waals surface area contributed by atoms with Gasteiger partial charge in [0.2, 0.25) is 0 Å². The smallest absolute Gasteiger partial charge is 0.343 e. The van der Waals surface area contributed by atoms with Gasteiger partial charge in [-0.15, -0.1) is 0 Å². The highest BCUT2D eigenvalue weighted by Crippen LogP contribution is 2.29. The fraction of sp³-hybridized carbons (Fsp3) is 0.556. The Labute approximate surface area is 201 Å². The molecule has 1 fully saturated rings. The molecule has 34 heavy (non-hydrogen) atoms. The first-order chi connectivity index (χ1) is 16.5. The summed E-state index contributed by atoms with van der Waals surface area (Å²) in [5, 5.41) is 0. The molecular weight excluding hydrogens is 432 g/mol. The minimum absolute atomic E-state index is 0.0612. The Balaban J connectivity index is 1.49. The molecule has 2 heterocycles. The van der Waals surface area contributed by atoms with Crippen molar-refractivity contribution < 1.29 is 19.0 Å². The van der Waals surface area contributed by atoms with Crippen LogP contribution in [0.3, 0.4) is 0 Å². The molecule has 1 aliphatic heterocycles. The molecule has 0 N–H and O–H groups in total. The second kappa shape index (κ2) is 11.1. The average molecular weight is 469 g/mol. The summed E-state index contributed by atoms with van der Waals surface area (Å²) >= 11 is 0. The number of carbonyl (C=O) groups excluding carboxylic acids is 1. The van der Waals surface area contributed by atoms with Crippen molar-refractivity contribution in [2.45, 2.75) is 70.6 Å². The van der Waals surface area contributed by atoms with E-state index < -0.39 is 5.97 Å². The maximum Gasteiger partial charge on any atom is 0.343 e. The number of hydrogen-bond donors (Lipinski definition) is 0. The van der Waals surface area contributed by atoms with Crippen LogP contribution in [0, 0.1) is 0 Å². The Morgan fingerprint density at radius 1 is 1.09 bits per heavy atom. The van der Waals surface area contributed by atoms with Gasteiger partial charge in [0, 0.05) is 43.9 Å². The number of carbonyl (C=O) groups is 1. The molecule has 2 aliphatic rings. The molecule has 1 aromatic carbocycles. The first-order valence-corrected chi connectivity index (χ1v) is 12.4. The zero-order valence-corrected chi connectivity index (χ0v) is 20.5. The third kappa shape index (κ3) is 5.46. The number of esters is 1. The molecule has 0 spiro atoms. The summed E-state index contributed by atoms with van der Waals surface area (Å²) in [6, 6.07) is 10.0. The molecule has 7 nitrogen and oxygen atoms in total. The Morgan fingerprint density at radius 2 is 1.82 bits per heavy atom. The third-order valence-electron chi connectivity index (χ3n) is 7.25. The highest BCUT2D eigenvalue weighted by atomic mass is 16.5. The lowest BCUT2D eigenvalue weighted by Crippen LogP contribution is -2.36. The van der Waals surface area contributed by atoms with E-state index in [4.69, 9.17) is 14.2 Å². The summed E-state index contributed by atoms with van der Waals surface area (Å²) in [5.41, 5.74) is 2.32. The van der Waals surface area contributed by atoms with Gasteiger partial charge in [0.15, 0.2) is 0 Å². The topological polar surface area (TPSA) is 70.0 Å². The average Bonchev–Trinajstić information content (AvgIpc) is 3.26. The summed E-state index contributed by atoms with van der Waals surface area (Å²) in [6.07, 6.45) is 6.80. The van der Waals surface area contributed by atoms with Crippen molar-refractivity contribution in [3.63, 3.8) is 0 Å². The highest BCUT2D eigenvalue weighted by Gasteiger charge is 2.29. The van der Waals surface area contributed by atoms with E-state index in [1.54, 1.807) is 11.7 Å². The summed E-state index contributed by atoms with van der Waals surface area (Å²) in [7, 11) is 3.06. The Kier molecular flexibility index (Phi) is 7.93. The highest BCUT2D eigenvalue weighted by molar-refractivity contribution is 5.93.